The van der Waals surface area contributed by atoms with E-state index in [1.54, 1.807) is 16.7 Å². The van der Waals surface area contributed by atoms with Gasteiger partial charge < -0.3 is 4.98 Å². The molecule has 2 nitrogen and oxygen atoms in total. The van der Waals surface area contributed by atoms with Gasteiger partial charge in [0.25, 0.3) is 0 Å². The molecule has 0 atom stereocenters. The van der Waals surface area contributed by atoms with Crippen LogP contribution in [-0.2, 0) is 0 Å². The van der Waals surface area contributed by atoms with Crippen molar-refractivity contribution in [1.29, 1.82) is 0 Å². The maximum absolute atomic E-state index is 14.1. The third kappa shape index (κ3) is 1.97. The van der Waals surface area contributed by atoms with Gasteiger partial charge in [-0.25, -0.2) is 4.39 Å². The Hall–Kier alpha value is -1.65. The van der Waals surface area contributed by atoms with Crippen molar-refractivity contribution in [3.8, 4) is 5.69 Å². The van der Waals surface area contributed by atoms with Crippen LogP contribution in [0, 0.1) is 17.5 Å². The number of aryl methyl sites for hydroxylation is 1. The first-order valence-corrected chi connectivity index (χ1v) is 6.52. The summed E-state index contributed by atoms with van der Waals surface area (Å²) in [5, 5.41) is 0.0841. The van der Waals surface area contributed by atoms with E-state index in [0.29, 0.717) is 10.5 Å². The molecule has 1 N–H and O–H groups in total. The van der Waals surface area contributed by atoms with Crippen LogP contribution in [0.4, 0.5) is 4.39 Å². The maximum Gasteiger partial charge on any atom is 0.182 e. The fourth-order valence-electron chi connectivity index (χ4n) is 2.13. The molecule has 2 aromatic carbocycles. The van der Waals surface area contributed by atoms with E-state index in [0.717, 1.165) is 16.6 Å². The standard InChI is InChI=1S/C14H10ClFN2S/c1-8-5-6-11-10(7-8)17-14(19)18(11)12-4-2-3-9(15)13(12)16/h2-7H,1H3,(H,17,19). The molecular weight excluding hydrogens is 283 g/mol. The molecule has 3 rings (SSSR count). The van der Waals surface area contributed by atoms with E-state index in [-0.39, 0.29) is 5.02 Å². The van der Waals surface area contributed by atoms with Gasteiger partial charge in [-0.3, -0.25) is 4.57 Å². The normalized spacial score (nSPS) is 11.1. The monoisotopic (exact) mass is 292 g/mol. The Bertz CT molecular complexity index is 835. The molecule has 0 unspecified atom stereocenters. The van der Waals surface area contributed by atoms with E-state index in [1.165, 1.54) is 6.07 Å². The predicted molar refractivity (Wildman–Crippen MR) is 78.2 cm³/mol. The summed E-state index contributed by atoms with van der Waals surface area (Å²) in [7, 11) is 0. The first-order valence-electron chi connectivity index (χ1n) is 5.73. The van der Waals surface area contributed by atoms with Crippen molar-refractivity contribution in [2.24, 2.45) is 0 Å². The Morgan fingerprint density at radius 3 is 2.84 bits per heavy atom. The summed E-state index contributed by atoms with van der Waals surface area (Å²) < 4.78 is 16.2. The van der Waals surface area contributed by atoms with Crippen molar-refractivity contribution in [2.45, 2.75) is 6.92 Å². The number of fused-ring (bicyclic) bond motifs is 1. The van der Waals surface area contributed by atoms with E-state index in [1.807, 2.05) is 25.1 Å². The summed E-state index contributed by atoms with van der Waals surface area (Å²) in [5.74, 6) is -0.471. The van der Waals surface area contributed by atoms with Crippen LogP contribution in [0.2, 0.25) is 5.02 Å². The highest BCUT2D eigenvalue weighted by atomic mass is 35.5. The number of imidazole rings is 1. The minimum absolute atomic E-state index is 0.0841. The zero-order chi connectivity index (χ0) is 13.6. The predicted octanol–water partition coefficient (Wildman–Crippen LogP) is 4.79. The number of aromatic amines is 1. The second-order valence-electron chi connectivity index (χ2n) is 4.36. The van der Waals surface area contributed by atoms with Crippen molar-refractivity contribution in [1.82, 2.24) is 9.55 Å². The molecule has 0 aliphatic heterocycles. The molecule has 0 bridgehead atoms. The van der Waals surface area contributed by atoms with Crippen LogP contribution in [0.3, 0.4) is 0 Å². The molecule has 0 aliphatic rings. The zero-order valence-electron chi connectivity index (χ0n) is 10.1. The van der Waals surface area contributed by atoms with Gasteiger partial charge >= 0.3 is 0 Å². The van der Waals surface area contributed by atoms with Crippen molar-refractivity contribution < 1.29 is 4.39 Å². The Balaban J connectivity index is 2.40. The fraction of sp³-hybridized carbons (Fsp3) is 0.0714. The van der Waals surface area contributed by atoms with E-state index < -0.39 is 5.82 Å². The lowest BCUT2D eigenvalue weighted by Crippen LogP contribution is -1.98. The molecule has 1 aromatic heterocycles. The molecule has 5 heteroatoms. The number of H-pyrrole nitrogens is 1. The summed E-state index contributed by atoms with van der Waals surface area (Å²) in [6, 6.07) is 10.7. The number of aromatic nitrogens is 2. The maximum atomic E-state index is 14.1. The van der Waals surface area contributed by atoms with Crippen LogP contribution in [0.15, 0.2) is 36.4 Å². The Morgan fingerprint density at radius 1 is 1.26 bits per heavy atom. The molecule has 0 saturated heterocycles. The molecule has 0 saturated carbocycles. The van der Waals surface area contributed by atoms with E-state index in [2.05, 4.69) is 4.98 Å². The van der Waals surface area contributed by atoms with E-state index >= 15 is 0 Å². The number of nitrogens with zero attached hydrogens (tertiary/aromatic N) is 1. The van der Waals surface area contributed by atoms with Crippen LogP contribution in [-0.4, -0.2) is 9.55 Å². The lowest BCUT2D eigenvalue weighted by atomic mass is 10.2. The third-order valence-corrected chi connectivity index (χ3v) is 3.59. The average Bonchev–Trinajstić information content (AvgIpc) is 2.68. The summed E-state index contributed by atoms with van der Waals surface area (Å²) in [4.78, 5) is 3.08. The highest BCUT2D eigenvalue weighted by molar-refractivity contribution is 7.71. The van der Waals surface area contributed by atoms with Gasteiger partial charge in [0.15, 0.2) is 10.6 Å². The van der Waals surface area contributed by atoms with Crippen LogP contribution < -0.4 is 0 Å². The Labute approximate surface area is 119 Å². The zero-order valence-corrected chi connectivity index (χ0v) is 11.6. The average molecular weight is 293 g/mol. The van der Waals surface area contributed by atoms with Crippen molar-refractivity contribution in [3.63, 3.8) is 0 Å². The van der Waals surface area contributed by atoms with Crippen LogP contribution in [0.1, 0.15) is 5.56 Å². The second kappa shape index (κ2) is 4.47. The second-order valence-corrected chi connectivity index (χ2v) is 5.15. The highest BCUT2D eigenvalue weighted by Crippen LogP contribution is 2.26. The van der Waals surface area contributed by atoms with Gasteiger partial charge in [0.1, 0.15) is 0 Å². The molecule has 0 spiro atoms. The molecule has 0 fully saturated rings. The van der Waals surface area contributed by atoms with Gasteiger partial charge in [-0.1, -0.05) is 23.7 Å². The summed E-state index contributed by atoms with van der Waals surface area (Å²) in [6.45, 7) is 1.99. The molecule has 0 amide bonds. The molecule has 96 valence electrons. The quantitative estimate of drug-likeness (QED) is 0.640. The van der Waals surface area contributed by atoms with Crippen LogP contribution >= 0.6 is 23.8 Å². The number of nitrogens with one attached hydrogen (secondary N) is 1. The molecule has 0 aliphatic carbocycles. The third-order valence-electron chi connectivity index (χ3n) is 3.01. The molecule has 19 heavy (non-hydrogen) atoms. The largest absolute Gasteiger partial charge is 0.330 e. The smallest absolute Gasteiger partial charge is 0.182 e. The number of rotatable bonds is 1. The van der Waals surface area contributed by atoms with Gasteiger partial charge in [0.05, 0.1) is 21.7 Å². The summed E-state index contributed by atoms with van der Waals surface area (Å²) in [5.41, 5.74) is 3.18. The van der Waals surface area contributed by atoms with E-state index in [9.17, 15) is 4.39 Å². The van der Waals surface area contributed by atoms with Crippen molar-refractivity contribution in [3.05, 3.63) is 57.6 Å². The highest BCUT2D eigenvalue weighted by Gasteiger charge is 2.12. The van der Waals surface area contributed by atoms with Gasteiger partial charge in [-0.15, -0.1) is 0 Å². The molecular formula is C14H10ClFN2S. The molecule has 0 radical (unpaired) electrons. The van der Waals surface area contributed by atoms with Crippen LogP contribution in [0.25, 0.3) is 16.7 Å². The number of halogens is 2. The van der Waals surface area contributed by atoms with Crippen LogP contribution in [0.5, 0.6) is 0 Å². The van der Waals surface area contributed by atoms with Gasteiger partial charge in [0, 0.05) is 0 Å². The first-order chi connectivity index (χ1) is 9.08. The lowest BCUT2D eigenvalue weighted by molar-refractivity contribution is 0.619. The fourth-order valence-corrected chi connectivity index (χ4v) is 2.61. The van der Waals surface area contributed by atoms with Gasteiger partial charge in [0.2, 0.25) is 0 Å². The van der Waals surface area contributed by atoms with Crippen molar-refractivity contribution in [2.75, 3.05) is 0 Å². The topological polar surface area (TPSA) is 20.7 Å². The number of hydrogen-bond acceptors (Lipinski definition) is 1. The SMILES string of the molecule is Cc1ccc2c(c1)[nH]c(=S)n2-c1cccc(Cl)c1F. The Kier molecular flexibility index (Phi) is 2.92. The summed E-state index contributed by atoms with van der Waals surface area (Å²) in [6.07, 6.45) is 0. The first kappa shape index (κ1) is 12.4. The molecule has 1 heterocycles. The number of benzene rings is 2. The van der Waals surface area contributed by atoms with Crippen molar-refractivity contribution >= 4 is 34.9 Å². The van der Waals surface area contributed by atoms with Gasteiger partial charge in [-0.2, -0.15) is 0 Å². The molecule has 3 aromatic rings. The minimum atomic E-state index is -0.471. The lowest BCUT2D eigenvalue weighted by Gasteiger charge is -2.07. The minimum Gasteiger partial charge on any atom is -0.330 e. The summed E-state index contributed by atoms with van der Waals surface area (Å²) >= 11 is 11.1. The number of hydrogen-bond donors (Lipinski definition) is 1. The van der Waals surface area contributed by atoms with E-state index in [4.69, 9.17) is 23.8 Å². The van der Waals surface area contributed by atoms with Gasteiger partial charge in [-0.05, 0) is 49.0 Å². The Morgan fingerprint density at radius 2 is 2.05 bits per heavy atom.